The largest absolute Gasteiger partial charge is 0.495 e. The minimum atomic E-state index is 0.584. The zero-order valence-corrected chi connectivity index (χ0v) is 9.60. The molecule has 0 aliphatic heterocycles. The summed E-state index contributed by atoms with van der Waals surface area (Å²) >= 11 is 0. The van der Waals surface area contributed by atoms with E-state index in [1.54, 1.807) is 13.2 Å². The van der Waals surface area contributed by atoms with Gasteiger partial charge >= 0.3 is 0 Å². The Morgan fingerprint density at radius 1 is 0.882 bits per heavy atom. The molecule has 0 atom stereocenters. The second kappa shape index (κ2) is 4.25. The SMILES string of the molecule is COc1ccc(-c2ccc(N)cc2N)cc1N. The lowest BCUT2D eigenvalue weighted by Crippen LogP contribution is -1.95. The first kappa shape index (κ1) is 11.1. The number of anilines is 3. The summed E-state index contributed by atoms with van der Waals surface area (Å²) in [5.74, 6) is 0.655. The molecule has 0 bridgehead atoms. The highest BCUT2D eigenvalue weighted by Gasteiger charge is 2.06. The molecule has 0 radical (unpaired) electrons. The lowest BCUT2D eigenvalue weighted by molar-refractivity contribution is 0.417. The van der Waals surface area contributed by atoms with E-state index in [0.717, 1.165) is 11.1 Å². The summed E-state index contributed by atoms with van der Waals surface area (Å²) in [6, 6.07) is 11.0. The number of hydrogen-bond donors (Lipinski definition) is 3. The third-order valence-corrected chi connectivity index (χ3v) is 2.62. The molecular weight excluding hydrogens is 214 g/mol. The van der Waals surface area contributed by atoms with Gasteiger partial charge < -0.3 is 21.9 Å². The van der Waals surface area contributed by atoms with E-state index in [4.69, 9.17) is 21.9 Å². The number of hydrogen-bond acceptors (Lipinski definition) is 4. The minimum absolute atomic E-state index is 0.584. The van der Waals surface area contributed by atoms with Gasteiger partial charge in [0.1, 0.15) is 5.75 Å². The fourth-order valence-corrected chi connectivity index (χ4v) is 1.75. The molecule has 0 aliphatic rings. The van der Waals surface area contributed by atoms with Gasteiger partial charge in [-0.1, -0.05) is 12.1 Å². The molecule has 0 aliphatic carbocycles. The second-order valence-electron chi connectivity index (χ2n) is 3.80. The second-order valence-corrected chi connectivity index (χ2v) is 3.80. The molecule has 0 unspecified atom stereocenters. The summed E-state index contributed by atoms with van der Waals surface area (Å²) in [7, 11) is 1.59. The Morgan fingerprint density at radius 3 is 2.24 bits per heavy atom. The molecule has 2 aromatic carbocycles. The topological polar surface area (TPSA) is 87.3 Å². The van der Waals surface area contributed by atoms with Crippen molar-refractivity contribution in [3.05, 3.63) is 36.4 Å². The van der Waals surface area contributed by atoms with Gasteiger partial charge in [-0.15, -0.1) is 0 Å². The van der Waals surface area contributed by atoms with Crippen LogP contribution in [0.4, 0.5) is 17.1 Å². The zero-order valence-electron chi connectivity index (χ0n) is 9.60. The normalized spacial score (nSPS) is 10.2. The highest BCUT2D eigenvalue weighted by atomic mass is 16.5. The third kappa shape index (κ3) is 2.10. The van der Waals surface area contributed by atoms with Crippen LogP contribution in [0.25, 0.3) is 11.1 Å². The van der Waals surface area contributed by atoms with Crippen molar-refractivity contribution in [3.8, 4) is 16.9 Å². The highest BCUT2D eigenvalue weighted by Crippen LogP contribution is 2.32. The maximum atomic E-state index is 5.92. The first-order valence-corrected chi connectivity index (χ1v) is 5.20. The Morgan fingerprint density at radius 2 is 1.65 bits per heavy atom. The van der Waals surface area contributed by atoms with Crippen LogP contribution in [-0.2, 0) is 0 Å². The summed E-state index contributed by atoms with van der Waals surface area (Å²) in [5, 5.41) is 0. The molecule has 17 heavy (non-hydrogen) atoms. The van der Waals surface area contributed by atoms with Crippen molar-refractivity contribution >= 4 is 17.1 Å². The average Bonchev–Trinajstić information content (AvgIpc) is 2.29. The first-order chi connectivity index (χ1) is 8.11. The van der Waals surface area contributed by atoms with Gasteiger partial charge in [0, 0.05) is 16.9 Å². The third-order valence-electron chi connectivity index (χ3n) is 2.62. The maximum absolute atomic E-state index is 5.92. The van der Waals surface area contributed by atoms with Crippen molar-refractivity contribution in [3.63, 3.8) is 0 Å². The van der Waals surface area contributed by atoms with E-state index in [-0.39, 0.29) is 0 Å². The van der Waals surface area contributed by atoms with Gasteiger partial charge in [0.2, 0.25) is 0 Å². The molecule has 0 saturated carbocycles. The van der Waals surface area contributed by atoms with Crippen LogP contribution in [0.15, 0.2) is 36.4 Å². The van der Waals surface area contributed by atoms with E-state index in [0.29, 0.717) is 22.8 Å². The van der Waals surface area contributed by atoms with Crippen LogP contribution >= 0.6 is 0 Å². The van der Waals surface area contributed by atoms with Crippen LogP contribution in [0, 0.1) is 0 Å². The van der Waals surface area contributed by atoms with E-state index in [9.17, 15) is 0 Å². The first-order valence-electron chi connectivity index (χ1n) is 5.20. The lowest BCUT2D eigenvalue weighted by Gasteiger charge is -2.10. The van der Waals surface area contributed by atoms with E-state index in [2.05, 4.69) is 0 Å². The predicted octanol–water partition coefficient (Wildman–Crippen LogP) is 2.11. The van der Waals surface area contributed by atoms with Gasteiger partial charge in [-0.2, -0.15) is 0 Å². The van der Waals surface area contributed by atoms with Crippen LogP contribution in [-0.4, -0.2) is 7.11 Å². The number of ether oxygens (including phenoxy) is 1. The van der Waals surface area contributed by atoms with Crippen LogP contribution in [0.5, 0.6) is 5.75 Å². The van der Waals surface area contributed by atoms with Crippen molar-refractivity contribution in [2.24, 2.45) is 0 Å². The molecular formula is C13H15N3O. The van der Waals surface area contributed by atoms with Gasteiger partial charge in [0.15, 0.2) is 0 Å². The summed E-state index contributed by atoms with van der Waals surface area (Å²) in [5.41, 5.74) is 21.2. The summed E-state index contributed by atoms with van der Waals surface area (Å²) < 4.78 is 5.11. The Hall–Kier alpha value is -2.36. The fraction of sp³-hybridized carbons (Fsp3) is 0.0769. The zero-order chi connectivity index (χ0) is 12.4. The van der Waals surface area contributed by atoms with Crippen molar-refractivity contribution in [1.29, 1.82) is 0 Å². The van der Waals surface area contributed by atoms with Gasteiger partial charge in [0.05, 0.1) is 12.8 Å². The molecule has 0 saturated heterocycles. The van der Waals surface area contributed by atoms with Gasteiger partial charge in [-0.25, -0.2) is 0 Å². The molecule has 4 nitrogen and oxygen atoms in total. The Kier molecular flexibility index (Phi) is 2.78. The van der Waals surface area contributed by atoms with Crippen LogP contribution in [0.3, 0.4) is 0 Å². The van der Waals surface area contributed by atoms with E-state index in [1.165, 1.54) is 0 Å². The van der Waals surface area contributed by atoms with E-state index in [1.807, 2.05) is 30.3 Å². The van der Waals surface area contributed by atoms with Crippen molar-refractivity contribution in [1.82, 2.24) is 0 Å². The number of rotatable bonds is 2. The monoisotopic (exact) mass is 229 g/mol. The predicted molar refractivity (Wildman–Crippen MR) is 71.7 cm³/mol. The summed E-state index contributed by atoms with van der Waals surface area (Å²) in [6.45, 7) is 0. The van der Waals surface area contributed by atoms with Crippen molar-refractivity contribution < 1.29 is 4.74 Å². The van der Waals surface area contributed by atoms with Crippen LogP contribution in [0.1, 0.15) is 0 Å². The summed E-state index contributed by atoms with van der Waals surface area (Å²) in [4.78, 5) is 0. The molecule has 0 amide bonds. The minimum Gasteiger partial charge on any atom is -0.495 e. The molecule has 88 valence electrons. The van der Waals surface area contributed by atoms with Crippen molar-refractivity contribution in [2.75, 3.05) is 24.3 Å². The fourth-order valence-electron chi connectivity index (χ4n) is 1.75. The van der Waals surface area contributed by atoms with Crippen molar-refractivity contribution in [2.45, 2.75) is 0 Å². The smallest absolute Gasteiger partial charge is 0.141 e. The molecule has 2 rings (SSSR count). The Bertz CT molecular complexity index is 552. The molecule has 2 aromatic rings. The molecule has 0 fully saturated rings. The van der Waals surface area contributed by atoms with E-state index >= 15 is 0 Å². The molecule has 0 spiro atoms. The number of benzene rings is 2. The number of nitrogen functional groups attached to an aromatic ring is 3. The summed E-state index contributed by atoms with van der Waals surface area (Å²) in [6.07, 6.45) is 0. The Balaban J connectivity index is 2.50. The molecule has 4 heteroatoms. The average molecular weight is 229 g/mol. The van der Waals surface area contributed by atoms with Gasteiger partial charge in [0.25, 0.3) is 0 Å². The Labute approximate surface area is 100.0 Å². The number of nitrogens with two attached hydrogens (primary N) is 3. The molecule has 0 heterocycles. The van der Waals surface area contributed by atoms with Crippen LogP contribution in [0.2, 0.25) is 0 Å². The quantitative estimate of drug-likeness (QED) is 0.688. The van der Waals surface area contributed by atoms with Gasteiger partial charge in [-0.05, 0) is 29.8 Å². The standard InChI is InChI=1S/C13H15N3O/c1-17-13-5-2-8(6-12(13)16)10-4-3-9(14)7-11(10)15/h2-7H,14-16H2,1H3. The molecule has 6 N–H and O–H groups in total. The molecule has 0 aromatic heterocycles. The maximum Gasteiger partial charge on any atom is 0.141 e. The number of methoxy groups -OCH3 is 1. The highest BCUT2D eigenvalue weighted by molar-refractivity contribution is 5.81. The van der Waals surface area contributed by atoms with Crippen LogP contribution < -0.4 is 21.9 Å². The lowest BCUT2D eigenvalue weighted by atomic mass is 10.0. The van der Waals surface area contributed by atoms with E-state index < -0.39 is 0 Å². The van der Waals surface area contributed by atoms with Gasteiger partial charge in [-0.3, -0.25) is 0 Å².